The van der Waals surface area contributed by atoms with Gasteiger partial charge in [-0.05, 0) is 31.4 Å². The molecule has 0 spiro atoms. The molecule has 98 valence electrons. The maximum Gasteiger partial charge on any atom is 0.256 e. The predicted molar refractivity (Wildman–Crippen MR) is 72.4 cm³/mol. The Bertz CT molecular complexity index is 434. The lowest BCUT2D eigenvalue weighted by atomic mass is 10.0. The fraction of sp³-hybridized carbons (Fsp3) is 0.500. The summed E-state index contributed by atoms with van der Waals surface area (Å²) >= 11 is 0. The van der Waals surface area contributed by atoms with Gasteiger partial charge in [0.15, 0.2) is 0 Å². The first kappa shape index (κ1) is 12.9. The Hall–Kier alpha value is -1.55. The summed E-state index contributed by atoms with van der Waals surface area (Å²) in [6.45, 7) is 5.26. The molecule has 2 N–H and O–H groups in total. The van der Waals surface area contributed by atoms with E-state index in [1.165, 1.54) is 0 Å². The van der Waals surface area contributed by atoms with Crippen LogP contribution in [-0.2, 0) is 9.53 Å². The molecule has 18 heavy (non-hydrogen) atoms. The van der Waals surface area contributed by atoms with Crippen LogP contribution in [0.25, 0.3) is 0 Å². The highest BCUT2D eigenvalue weighted by atomic mass is 16.5. The highest BCUT2D eigenvalue weighted by Gasteiger charge is 2.34. The van der Waals surface area contributed by atoms with E-state index in [0.29, 0.717) is 18.8 Å². The summed E-state index contributed by atoms with van der Waals surface area (Å²) < 4.78 is 5.54. The molecule has 2 rings (SSSR count). The SMILES string of the molecule is CCN(C(=O)C1OCCC1C)c1ccccc1N. The van der Waals surface area contributed by atoms with Gasteiger partial charge in [0.05, 0.1) is 11.4 Å². The van der Waals surface area contributed by atoms with Crippen LogP contribution >= 0.6 is 0 Å². The molecular formula is C14H20N2O2. The molecule has 0 bridgehead atoms. The minimum Gasteiger partial charge on any atom is -0.397 e. The molecule has 2 atom stereocenters. The fourth-order valence-corrected chi connectivity index (χ4v) is 2.34. The molecule has 0 aromatic heterocycles. The van der Waals surface area contributed by atoms with E-state index < -0.39 is 0 Å². The minimum atomic E-state index is -0.329. The van der Waals surface area contributed by atoms with E-state index in [1.54, 1.807) is 4.90 Å². The third-order valence-corrected chi connectivity index (χ3v) is 3.44. The van der Waals surface area contributed by atoms with E-state index >= 15 is 0 Å². The van der Waals surface area contributed by atoms with E-state index in [4.69, 9.17) is 10.5 Å². The number of carbonyl (C=O) groups excluding carboxylic acids is 1. The van der Waals surface area contributed by atoms with Crippen molar-refractivity contribution in [1.29, 1.82) is 0 Å². The first-order valence-electron chi connectivity index (χ1n) is 6.42. The second-order valence-corrected chi connectivity index (χ2v) is 4.70. The van der Waals surface area contributed by atoms with Crippen LogP contribution < -0.4 is 10.6 Å². The molecule has 1 saturated heterocycles. The standard InChI is InChI=1S/C14H20N2O2/c1-3-16(12-7-5-4-6-11(12)15)14(17)13-10(2)8-9-18-13/h4-7,10,13H,3,8-9,15H2,1-2H3. The molecule has 1 aliphatic heterocycles. The Morgan fingerprint density at radius 2 is 2.22 bits per heavy atom. The van der Waals surface area contributed by atoms with Gasteiger partial charge in [-0.15, -0.1) is 0 Å². The van der Waals surface area contributed by atoms with Crippen LogP contribution in [0.2, 0.25) is 0 Å². The van der Waals surface area contributed by atoms with Crippen molar-refractivity contribution in [3.8, 4) is 0 Å². The smallest absolute Gasteiger partial charge is 0.256 e. The topological polar surface area (TPSA) is 55.6 Å². The van der Waals surface area contributed by atoms with Gasteiger partial charge in [0, 0.05) is 13.2 Å². The molecule has 2 unspecified atom stereocenters. The van der Waals surface area contributed by atoms with Gasteiger partial charge in [0.2, 0.25) is 0 Å². The third kappa shape index (κ3) is 2.34. The van der Waals surface area contributed by atoms with Crippen molar-refractivity contribution < 1.29 is 9.53 Å². The minimum absolute atomic E-state index is 0.0143. The number of nitrogens with two attached hydrogens (primary N) is 1. The van der Waals surface area contributed by atoms with Gasteiger partial charge in [0.25, 0.3) is 5.91 Å². The molecule has 1 fully saturated rings. The first-order valence-corrected chi connectivity index (χ1v) is 6.42. The zero-order chi connectivity index (χ0) is 13.1. The van der Waals surface area contributed by atoms with Gasteiger partial charge in [0.1, 0.15) is 6.10 Å². The number of likely N-dealkylation sites (N-methyl/N-ethyl adjacent to an activating group) is 1. The normalized spacial score (nSPS) is 23.0. The van der Waals surface area contributed by atoms with Crippen molar-refractivity contribution in [3.05, 3.63) is 24.3 Å². The lowest BCUT2D eigenvalue weighted by Crippen LogP contribution is -2.41. The summed E-state index contributed by atoms with van der Waals surface area (Å²) in [7, 11) is 0. The molecule has 1 heterocycles. The zero-order valence-corrected chi connectivity index (χ0v) is 10.9. The molecule has 1 aromatic rings. The van der Waals surface area contributed by atoms with Crippen LogP contribution in [0.1, 0.15) is 20.3 Å². The van der Waals surface area contributed by atoms with Crippen molar-refractivity contribution >= 4 is 17.3 Å². The molecule has 0 radical (unpaired) electrons. The summed E-state index contributed by atoms with van der Waals surface area (Å²) in [4.78, 5) is 14.2. The number of benzene rings is 1. The van der Waals surface area contributed by atoms with Crippen LogP contribution in [0.3, 0.4) is 0 Å². The molecule has 1 amide bonds. The average Bonchev–Trinajstić information content (AvgIpc) is 2.78. The summed E-state index contributed by atoms with van der Waals surface area (Å²) in [5.74, 6) is 0.289. The highest BCUT2D eigenvalue weighted by Crippen LogP contribution is 2.27. The second kappa shape index (κ2) is 5.40. The maximum absolute atomic E-state index is 12.5. The monoisotopic (exact) mass is 248 g/mol. The molecule has 4 nitrogen and oxygen atoms in total. The largest absolute Gasteiger partial charge is 0.397 e. The maximum atomic E-state index is 12.5. The van der Waals surface area contributed by atoms with Crippen LogP contribution in [0.4, 0.5) is 11.4 Å². The average molecular weight is 248 g/mol. The van der Waals surface area contributed by atoms with Crippen molar-refractivity contribution in [2.75, 3.05) is 23.8 Å². The predicted octanol–water partition coefficient (Wildman–Crippen LogP) is 2.05. The van der Waals surface area contributed by atoms with E-state index in [-0.39, 0.29) is 17.9 Å². The molecule has 0 saturated carbocycles. The van der Waals surface area contributed by atoms with E-state index in [1.807, 2.05) is 31.2 Å². The van der Waals surface area contributed by atoms with Crippen LogP contribution in [-0.4, -0.2) is 25.2 Å². The van der Waals surface area contributed by atoms with Gasteiger partial charge in [-0.2, -0.15) is 0 Å². The lowest BCUT2D eigenvalue weighted by molar-refractivity contribution is -0.128. The quantitative estimate of drug-likeness (QED) is 0.833. The Labute approximate surface area is 108 Å². The first-order chi connectivity index (χ1) is 8.65. The van der Waals surface area contributed by atoms with Crippen molar-refractivity contribution in [3.63, 3.8) is 0 Å². The van der Waals surface area contributed by atoms with Crippen molar-refractivity contribution in [1.82, 2.24) is 0 Å². The van der Waals surface area contributed by atoms with Crippen molar-refractivity contribution in [2.45, 2.75) is 26.4 Å². The van der Waals surface area contributed by atoms with Crippen LogP contribution in [0.5, 0.6) is 0 Å². The van der Waals surface area contributed by atoms with Crippen molar-refractivity contribution in [2.24, 2.45) is 5.92 Å². The summed E-state index contributed by atoms with van der Waals surface area (Å²) in [6.07, 6.45) is 0.614. The lowest BCUT2D eigenvalue weighted by Gasteiger charge is -2.26. The van der Waals surface area contributed by atoms with Gasteiger partial charge in [-0.1, -0.05) is 19.1 Å². The van der Waals surface area contributed by atoms with E-state index in [2.05, 4.69) is 6.92 Å². The number of ether oxygens (including phenoxy) is 1. The van der Waals surface area contributed by atoms with Gasteiger partial charge in [-0.25, -0.2) is 0 Å². The number of nitrogens with zero attached hydrogens (tertiary/aromatic N) is 1. The molecule has 1 aliphatic rings. The number of carbonyl (C=O) groups is 1. The Morgan fingerprint density at radius 1 is 1.50 bits per heavy atom. The van der Waals surface area contributed by atoms with Gasteiger partial charge >= 0.3 is 0 Å². The molecular weight excluding hydrogens is 228 g/mol. The summed E-state index contributed by atoms with van der Waals surface area (Å²) in [5, 5.41) is 0. The fourth-order valence-electron chi connectivity index (χ4n) is 2.34. The number of rotatable bonds is 3. The number of hydrogen-bond donors (Lipinski definition) is 1. The number of para-hydroxylation sites is 2. The molecule has 1 aromatic carbocycles. The number of nitrogen functional groups attached to an aromatic ring is 1. The molecule has 4 heteroatoms. The molecule has 0 aliphatic carbocycles. The zero-order valence-electron chi connectivity index (χ0n) is 10.9. The Morgan fingerprint density at radius 3 is 2.78 bits per heavy atom. The van der Waals surface area contributed by atoms with Crippen LogP contribution in [0.15, 0.2) is 24.3 Å². The Balaban J connectivity index is 2.23. The van der Waals surface area contributed by atoms with Gasteiger partial charge in [-0.3, -0.25) is 4.79 Å². The highest BCUT2D eigenvalue weighted by molar-refractivity contribution is 5.99. The van der Waals surface area contributed by atoms with E-state index in [0.717, 1.165) is 12.1 Å². The summed E-state index contributed by atoms with van der Waals surface area (Å²) in [5.41, 5.74) is 7.33. The van der Waals surface area contributed by atoms with Gasteiger partial charge < -0.3 is 15.4 Å². The number of amides is 1. The Kier molecular flexibility index (Phi) is 3.87. The van der Waals surface area contributed by atoms with Crippen LogP contribution in [0, 0.1) is 5.92 Å². The van der Waals surface area contributed by atoms with E-state index in [9.17, 15) is 4.79 Å². The number of hydrogen-bond acceptors (Lipinski definition) is 3. The number of anilines is 2. The second-order valence-electron chi connectivity index (χ2n) is 4.70. The third-order valence-electron chi connectivity index (χ3n) is 3.44. The summed E-state index contributed by atoms with van der Waals surface area (Å²) in [6, 6.07) is 7.44.